The summed E-state index contributed by atoms with van der Waals surface area (Å²) in [5.74, 6) is -0.343. The Kier molecular flexibility index (Phi) is 6.76. The SMILES string of the molecule is CCOC(=O)C1OCCc2cc(Cl)cc(CCN)c21.Cl. The van der Waals surface area contributed by atoms with Crippen molar-refractivity contribution in [2.45, 2.75) is 25.9 Å². The van der Waals surface area contributed by atoms with Gasteiger partial charge in [0, 0.05) is 5.02 Å². The molecule has 112 valence electrons. The smallest absolute Gasteiger partial charge is 0.339 e. The Morgan fingerprint density at radius 1 is 1.55 bits per heavy atom. The lowest BCUT2D eigenvalue weighted by molar-refractivity contribution is -0.158. The van der Waals surface area contributed by atoms with Crippen molar-refractivity contribution in [1.82, 2.24) is 0 Å². The first-order chi connectivity index (χ1) is 9.17. The average molecular weight is 320 g/mol. The normalized spacial score (nSPS) is 17.1. The summed E-state index contributed by atoms with van der Waals surface area (Å²) in [7, 11) is 0. The van der Waals surface area contributed by atoms with Crippen LogP contribution in [0.1, 0.15) is 29.7 Å². The molecule has 0 saturated carbocycles. The Hall–Kier alpha value is -0.810. The van der Waals surface area contributed by atoms with Crippen LogP contribution in [0.4, 0.5) is 0 Å². The topological polar surface area (TPSA) is 61.5 Å². The summed E-state index contributed by atoms with van der Waals surface area (Å²) in [6, 6.07) is 3.75. The van der Waals surface area contributed by atoms with E-state index in [4.69, 9.17) is 26.8 Å². The van der Waals surface area contributed by atoms with Crippen molar-refractivity contribution in [1.29, 1.82) is 0 Å². The number of esters is 1. The van der Waals surface area contributed by atoms with Crippen LogP contribution in [0.25, 0.3) is 0 Å². The first-order valence-electron chi connectivity index (χ1n) is 6.46. The van der Waals surface area contributed by atoms with Gasteiger partial charge in [-0.1, -0.05) is 11.6 Å². The van der Waals surface area contributed by atoms with Crippen LogP contribution in [0, 0.1) is 0 Å². The quantitative estimate of drug-likeness (QED) is 0.866. The van der Waals surface area contributed by atoms with Gasteiger partial charge in [0.1, 0.15) is 0 Å². The largest absolute Gasteiger partial charge is 0.464 e. The van der Waals surface area contributed by atoms with Crippen LogP contribution in [-0.2, 0) is 27.1 Å². The van der Waals surface area contributed by atoms with Crippen LogP contribution in [0.3, 0.4) is 0 Å². The minimum Gasteiger partial charge on any atom is -0.464 e. The molecular formula is C14H19Cl2NO3. The number of halogens is 2. The van der Waals surface area contributed by atoms with Crippen molar-refractivity contribution in [2.24, 2.45) is 5.73 Å². The second-order valence-corrected chi connectivity index (χ2v) is 4.87. The van der Waals surface area contributed by atoms with Crippen LogP contribution in [0.2, 0.25) is 5.02 Å². The highest BCUT2D eigenvalue weighted by atomic mass is 35.5. The number of ether oxygens (including phenoxy) is 2. The van der Waals surface area contributed by atoms with Crippen LogP contribution in [-0.4, -0.2) is 25.7 Å². The predicted octanol–water partition coefficient (Wildman–Crippen LogP) is 2.44. The zero-order chi connectivity index (χ0) is 13.8. The fourth-order valence-electron chi connectivity index (χ4n) is 2.42. The van der Waals surface area contributed by atoms with Gasteiger partial charge in [0.15, 0.2) is 6.10 Å². The van der Waals surface area contributed by atoms with Crippen molar-refractivity contribution in [3.8, 4) is 0 Å². The molecule has 0 radical (unpaired) electrons. The van der Waals surface area contributed by atoms with Gasteiger partial charge in [-0.15, -0.1) is 12.4 Å². The molecule has 0 bridgehead atoms. The number of hydrogen-bond donors (Lipinski definition) is 1. The lowest BCUT2D eigenvalue weighted by atomic mass is 9.91. The summed E-state index contributed by atoms with van der Waals surface area (Å²) >= 11 is 6.11. The highest BCUT2D eigenvalue weighted by molar-refractivity contribution is 6.30. The molecule has 1 aromatic carbocycles. The first kappa shape index (κ1) is 17.2. The Morgan fingerprint density at radius 2 is 2.30 bits per heavy atom. The number of rotatable bonds is 4. The van der Waals surface area contributed by atoms with Gasteiger partial charge in [-0.2, -0.15) is 0 Å². The molecule has 0 spiro atoms. The zero-order valence-corrected chi connectivity index (χ0v) is 12.9. The first-order valence-corrected chi connectivity index (χ1v) is 6.84. The van der Waals surface area contributed by atoms with Gasteiger partial charge in [-0.25, -0.2) is 4.79 Å². The monoisotopic (exact) mass is 319 g/mol. The molecule has 6 heteroatoms. The van der Waals surface area contributed by atoms with E-state index in [0.29, 0.717) is 31.2 Å². The van der Waals surface area contributed by atoms with E-state index < -0.39 is 6.10 Å². The van der Waals surface area contributed by atoms with Crippen molar-refractivity contribution in [3.05, 3.63) is 33.8 Å². The molecule has 1 atom stereocenters. The maximum Gasteiger partial charge on any atom is 0.339 e. The molecule has 1 aliphatic heterocycles. The van der Waals surface area contributed by atoms with Crippen LogP contribution in [0.5, 0.6) is 0 Å². The summed E-state index contributed by atoms with van der Waals surface area (Å²) in [4.78, 5) is 12.0. The van der Waals surface area contributed by atoms with Crippen molar-refractivity contribution >= 4 is 30.0 Å². The fraction of sp³-hybridized carbons (Fsp3) is 0.500. The highest BCUT2D eigenvalue weighted by Gasteiger charge is 2.31. The molecule has 0 amide bonds. The number of benzene rings is 1. The van der Waals surface area contributed by atoms with Crippen molar-refractivity contribution < 1.29 is 14.3 Å². The molecule has 1 heterocycles. The number of fused-ring (bicyclic) bond motifs is 1. The van der Waals surface area contributed by atoms with Gasteiger partial charge in [0.2, 0.25) is 0 Å². The van der Waals surface area contributed by atoms with Gasteiger partial charge in [-0.05, 0) is 55.1 Å². The molecule has 2 N–H and O–H groups in total. The second kappa shape index (κ2) is 7.84. The van der Waals surface area contributed by atoms with Gasteiger partial charge >= 0.3 is 5.97 Å². The predicted molar refractivity (Wildman–Crippen MR) is 80.5 cm³/mol. The summed E-state index contributed by atoms with van der Waals surface area (Å²) in [5, 5.41) is 0.673. The zero-order valence-electron chi connectivity index (χ0n) is 11.4. The Balaban J connectivity index is 0.00000200. The van der Waals surface area contributed by atoms with Gasteiger partial charge in [0.25, 0.3) is 0 Å². The van der Waals surface area contributed by atoms with Gasteiger partial charge < -0.3 is 15.2 Å². The fourth-order valence-corrected chi connectivity index (χ4v) is 2.68. The Morgan fingerprint density at radius 3 is 2.95 bits per heavy atom. The third-order valence-corrected chi connectivity index (χ3v) is 3.37. The second-order valence-electron chi connectivity index (χ2n) is 4.43. The maximum atomic E-state index is 12.0. The minimum atomic E-state index is -0.650. The third-order valence-electron chi connectivity index (χ3n) is 3.15. The van der Waals surface area contributed by atoms with Gasteiger partial charge in [0.05, 0.1) is 13.2 Å². The molecule has 0 fully saturated rings. The van der Waals surface area contributed by atoms with E-state index in [1.54, 1.807) is 6.92 Å². The lowest BCUT2D eigenvalue weighted by Gasteiger charge is -2.27. The molecular weight excluding hydrogens is 301 g/mol. The maximum absolute atomic E-state index is 12.0. The minimum absolute atomic E-state index is 0. The summed E-state index contributed by atoms with van der Waals surface area (Å²) < 4.78 is 10.7. The molecule has 0 aliphatic carbocycles. The van der Waals surface area contributed by atoms with E-state index in [1.807, 2.05) is 12.1 Å². The summed E-state index contributed by atoms with van der Waals surface area (Å²) in [6.07, 6.45) is 0.772. The standard InChI is InChI=1S/C14H18ClNO3.ClH/c1-2-18-14(17)13-12-9(3-5-16)7-11(15)8-10(12)4-6-19-13;/h7-8,13H,2-6,16H2,1H3;1H. The Bertz CT molecular complexity index is 480. The number of carbonyl (C=O) groups is 1. The van der Waals surface area contributed by atoms with Crippen molar-refractivity contribution in [3.63, 3.8) is 0 Å². The molecule has 1 aliphatic rings. The van der Waals surface area contributed by atoms with Crippen molar-refractivity contribution in [2.75, 3.05) is 19.8 Å². The number of carbonyl (C=O) groups excluding carboxylic acids is 1. The van der Waals surface area contributed by atoms with E-state index in [2.05, 4.69) is 0 Å². The Labute approximate surface area is 130 Å². The lowest BCUT2D eigenvalue weighted by Crippen LogP contribution is -2.27. The molecule has 0 aromatic heterocycles. The number of hydrogen-bond acceptors (Lipinski definition) is 4. The average Bonchev–Trinajstić information content (AvgIpc) is 2.38. The van der Waals surface area contributed by atoms with Crippen LogP contribution >= 0.6 is 24.0 Å². The van der Waals surface area contributed by atoms with Crippen LogP contribution < -0.4 is 5.73 Å². The summed E-state index contributed by atoms with van der Waals surface area (Å²) in [6.45, 7) is 3.12. The third kappa shape index (κ3) is 3.64. The number of nitrogens with two attached hydrogens (primary N) is 1. The highest BCUT2D eigenvalue weighted by Crippen LogP contribution is 2.33. The molecule has 1 aromatic rings. The molecule has 2 rings (SSSR count). The van der Waals surface area contributed by atoms with Gasteiger partial charge in [-0.3, -0.25) is 0 Å². The van der Waals surface area contributed by atoms with E-state index in [0.717, 1.165) is 23.1 Å². The van der Waals surface area contributed by atoms with E-state index in [-0.39, 0.29) is 18.4 Å². The van der Waals surface area contributed by atoms with E-state index in [9.17, 15) is 4.79 Å². The molecule has 4 nitrogen and oxygen atoms in total. The molecule has 1 unspecified atom stereocenters. The van der Waals surface area contributed by atoms with Crippen LogP contribution in [0.15, 0.2) is 12.1 Å². The van der Waals surface area contributed by atoms with E-state index in [1.165, 1.54) is 0 Å². The molecule has 20 heavy (non-hydrogen) atoms. The molecule has 0 saturated heterocycles. The van der Waals surface area contributed by atoms with E-state index >= 15 is 0 Å². The summed E-state index contributed by atoms with van der Waals surface area (Å²) in [5.41, 5.74) is 8.54.